The van der Waals surface area contributed by atoms with Gasteiger partial charge in [0.05, 0.1) is 0 Å². The van der Waals surface area contributed by atoms with Gasteiger partial charge in [-0.3, -0.25) is 4.79 Å². The molecule has 0 unspecified atom stereocenters. The van der Waals surface area contributed by atoms with Crippen LogP contribution in [0.1, 0.15) is 37.7 Å². The lowest BCUT2D eigenvalue weighted by molar-refractivity contribution is -0.191. The van der Waals surface area contributed by atoms with E-state index < -0.39 is 5.60 Å². The molecule has 27 heavy (non-hydrogen) atoms. The zero-order chi connectivity index (χ0) is 18.3. The molecule has 5 heteroatoms. The summed E-state index contributed by atoms with van der Waals surface area (Å²) in [6, 6.07) is 8.81. The van der Waals surface area contributed by atoms with Crippen molar-refractivity contribution >= 4 is 16.8 Å². The molecular weight excluding hydrogens is 338 g/mol. The van der Waals surface area contributed by atoms with Gasteiger partial charge >= 0.3 is 0 Å². The largest absolute Gasteiger partial charge is 0.365 e. The Bertz CT molecular complexity index is 810. The van der Waals surface area contributed by atoms with E-state index in [1.54, 1.807) is 0 Å². The Hall–Kier alpha value is -1.85. The van der Waals surface area contributed by atoms with Gasteiger partial charge in [0, 0.05) is 49.4 Å². The molecule has 3 saturated heterocycles. The summed E-state index contributed by atoms with van der Waals surface area (Å²) in [5.41, 5.74) is 2.14. The number of aromatic amines is 1. The molecule has 1 aliphatic carbocycles. The summed E-state index contributed by atoms with van der Waals surface area (Å²) in [6.07, 6.45) is 8.29. The maximum Gasteiger partial charge on any atom is 0.252 e. The molecule has 2 bridgehead atoms. The fraction of sp³-hybridized carbons (Fsp3) is 0.591. The second-order valence-corrected chi connectivity index (χ2v) is 8.60. The molecule has 1 amide bonds. The van der Waals surface area contributed by atoms with Crippen molar-refractivity contribution in [1.29, 1.82) is 0 Å². The predicted molar refractivity (Wildman–Crippen MR) is 106 cm³/mol. The third-order valence-corrected chi connectivity index (χ3v) is 6.85. The smallest absolute Gasteiger partial charge is 0.252 e. The third-order valence-electron chi connectivity index (χ3n) is 6.85. The summed E-state index contributed by atoms with van der Waals surface area (Å²) >= 11 is 0. The number of rotatable bonds is 5. The average Bonchev–Trinajstić information content (AvgIpc) is 3.10. The van der Waals surface area contributed by atoms with E-state index in [1.165, 1.54) is 16.5 Å². The average molecular weight is 367 g/mol. The van der Waals surface area contributed by atoms with Crippen molar-refractivity contribution in [1.82, 2.24) is 15.2 Å². The van der Waals surface area contributed by atoms with Crippen molar-refractivity contribution in [2.45, 2.75) is 50.2 Å². The first-order valence-electron chi connectivity index (χ1n) is 10.4. The lowest BCUT2D eigenvalue weighted by Gasteiger charge is -2.51. The number of fused-ring (bicyclic) bond motifs is 3. The number of nitrogens with one attached hydrogen (secondary N) is 2. The van der Waals surface area contributed by atoms with E-state index in [4.69, 9.17) is 4.74 Å². The van der Waals surface area contributed by atoms with Crippen molar-refractivity contribution in [2.24, 2.45) is 5.92 Å². The molecule has 2 N–H and O–H groups in total. The van der Waals surface area contributed by atoms with Gasteiger partial charge in [-0.25, -0.2) is 0 Å². The number of amides is 1. The standard InChI is InChI=1S/C22H29N3O2/c26-21(22-13-16(14-22)8-12-27-22)24-18-6-10-25(11-7-18)9-5-17-15-23-20-4-2-1-3-19(17)20/h1-4,15-16,18,23H,5-14H2,(H,24,26). The summed E-state index contributed by atoms with van der Waals surface area (Å²) in [6.45, 7) is 3.95. The number of carbonyl (C=O) groups is 1. The lowest BCUT2D eigenvalue weighted by atomic mass is 9.67. The Morgan fingerprint density at radius 2 is 2.04 bits per heavy atom. The molecule has 6 rings (SSSR count). The maximum atomic E-state index is 12.7. The molecule has 4 fully saturated rings. The number of para-hydroxylation sites is 1. The van der Waals surface area contributed by atoms with E-state index in [9.17, 15) is 4.79 Å². The molecule has 1 aromatic carbocycles. The van der Waals surface area contributed by atoms with Gasteiger partial charge < -0.3 is 19.9 Å². The van der Waals surface area contributed by atoms with E-state index in [-0.39, 0.29) is 5.91 Å². The predicted octanol–water partition coefficient (Wildman–Crippen LogP) is 2.86. The highest BCUT2D eigenvalue weighted by molar-refractivity contribution is 5.87. The zero-order valence-electron chi connectivity index (χ0n) is 15.9. The fourth-order valence-corrected chi connectivity index (χ4v) is 5.10. The van der Waals surface area contributed by atoms with E-state index >= 15 is 0 Å². The number of H-pyrrole nitrogens is 1. The van der Waals surface area contributed by atoms with Gasteiger partial charge in [0.25, 0.3) is 5.91 Å². The highest BCUT2D eigenvalue weighted by Crippen LogP contribution is 2.47. The minimum absolute atomic E-state index is 0.149. The Morgan fingerprint density at radius 3 is 2.81 bits per heavy atom. The second kappa shape index (κ2) is 6.95. The first-order chi connectivity index (χ1) is 13.2. The van der Waals surface area contributed by atoms with Crippen molar-refractivity contribution < 1.29 is 9.53 Å². The first-order valence-corrected chi connectivity index (χ1v) is 10.4. The zero-order valence-corrected chi connectivity index (χ0v) is 15.9. The SMILES string of the molecule is O=C(NC1CCN(CCc2c[nH]c3ccccc23)CC1)C12CC(CCO1)C2. The molecule has 1 saturated carbocycles. The van der Waals surface area contributed by atoms with E-state index in [1.807, 2.05) is 0 Å². The molecule has 1 aromatic heterocycles. The Morgan fingerprint density at radius 1 is 1.22 bits per heavy atom. The molecule has 0 spiro atoms. The number of likely N-dealkylation sites (tertiary alicyclic amines) is 1. The van der Waals surface area contributed by atoms with E-state index in [0.29, 0.717) is 6.04 Å². The van der Waals surface area contributed by atoms with E-state index in [0.717, 1.165) is 70.7 Å². The number of piperidine rings is 1. The van der Waals surface area contributed by atoms with E-state index in [2.05, 4.69) is 45.7 Å². The van der Waals surface area contributed by atoms with Crippen molar-refractivity contribution in [3.63, 3.8) is 0 Å². The van der Waals surface area contributed by atoms with Crippen LogP contribution in [0.2, 0.25) is 0 Å². The van der Waals surface area contributed by atoms with Gasteiger partial charge in [-0.2, -0.15) is 0 Å². The van der Waals surface area contributed by atoms with Crippen LogP contribution in [0, 0.1) is 5.92 Å². The van der Waals surface area contributed by atoms with Crippen LogP contribution < -0.4 is 5.32 Å². The second-order valence-electron chi connectivity index (χ2n) is 8.60. The number of ether oxygens (including phenoxy) is 1. The quantitative estimate of drug-likeness (QED) is 0.854. The molecule has 0 atom stereocenters. The summed E-state index contributed by atoms with van der Waals surface area (Å²) < 4.78 is 5.85. The summed E-state index contributed by atoms with van der Waals surface area (Å²) in [4.78, 5) is 18.6. The molecule has 5 nitrogen and oxygen atoms in total. The topological polar surface area (TPSA) is 57.4 Å². The molecule has 3 aliphatic heterocycles. The number of aromatic nitrogens is 1. The highest BCUT2D eigenvalue weighted by Gasteiger charge is 2.54. The summed E-state index contributed by atoms with van der Waals surface area (Å²) in [5, 5.41) is 4.62. The first kappa shape index (κ1) is 17.3. The van der Waals surface area contributed by atoms with Gasteiger partial charge in [0.2, 0.25) is 0 Å². The monoisotopic (exact) mass is 367 g/mol. The Kier molecular flexibility index (Phi) is 4.44. The number of hydrogen-bond donors (Lipinski definition) is 2. The van der Waals surface area contributed by atoms with Crippen molar-refractivity contribution in [3.05, 3.63) is 36.0 Å². The Labute approximate surface area is 160 Å². The van der Waals surface area contributed by atoms with Gasteiger partial charge in [0.15, 0.2) is 0 Å². The minimum atomic E-state index is -0.477. The lowest BCUT2D eigenvalue weighted by Crippen LogP contribution is -2.62. The number of carbonyl (C=O) groups excluding carboxylic acids is 1. The van der Waals surface area contributed by atoms with Crippen LogP contribution in [0.4, 0.5) is 0 Å². The van der Waals surface area contributed by atoms with Gasteiger partial charge in [0.1, 0.15) is 5.60 Å². The van der Waals surface area contributed by atoms with Gasteiger partial charge in [-0.1, -0.05) is 18.2 Å². The third kappa shape index (κ3) is 3.27. The van der Waals surface area contributed by atoms with Crippen LogP contribution in [0.25, 0.3) is 10.9 Å². The van der Waals surface area contributed by atoms with Crippen LogP contribution >= 0.6 is 0 Å². The van der Waals surface area contributed by atoms with Crippen LogP contribution in [0.15, 0.2) is 30.5 Å². The molecule has 0 radical (unpaired) electrons. The number of benzene rings is 1. The van der Waals surface area contributed by atoms with Crippen LogP contribution in [0.5, 0.6) is 0 Å². The molecule has 2 aromatic rings. The normalized spacial score (nSPS) is 28.8. The highest BCUT2D eigenvalue weighted by atomic mass is 16.5. The van der Waals surface area contributed by atoms with Crippen molar-refractivity contribution in [2.75, 3.05) is 26.2 Å². The fourth-order valence-electron chi connectivity index (χ4n) is 5.10. The molecule has 4 heterocycles. The molecule has 4 aliphatic rings. The van der Waals surface area contributed by atoms with Crippen LogP contribution in [0.3, 0.4) is 0 Å². The molecule has 144 valence electrons. The minimum Gasteiger partial charge on any atom is -0.365 e. The van der Waals surface area contributed by atoms with Gasteiger partial charge in [-0.05, 0) is 56.1 Å². The Balaban J connectivity index is 1.09. The number of nitrogens with zero attached hydrogens (tertiary/aromatic N) is 1. The van der Waals surface area contributed by atoms with Crippen LogP contribution in [-0.4, -0.2) is 53.7 Å². The molecular formula is C22H29N3O2. The van der Waals surface area contributed by atoms with Crippen LogP contribution in [-0.2, 0) is 16.0 Å². The van der Waals surface area contributed by atoms with Gasteiger partial charge in [-0.15, -0.1) is 0 Å². The number of hydrogen-bond acceptors (Lipinski definition) is 3. The summed E-state index contributed by atoms with van der Waals surface area (Å²) in [5.74, 6) is 0.867. The maximum absolute atomic E-state index is 12.7. The van der Waals surface area contributed by atoms with Crippen molar-refractivity contribution in [3.8, 4) is 0 Å². The summed E-state index contributed by atoms with van der Waals surface area (Å²) in [7, 11) is 0.